The first-order chi connectivity index (χ1) is 14.3. The van der Waals surface area contributed by atoms with Crippen molar-refractivity contribution in [3.05, 3.63) is 106 Å². The molecule has 0 amide bonds. The number of rotatable bonds is 2. The Kier molecular flexibility index (Phi) is 5.01. The Morgan fingerprint density at radius 2 is 1.73 bits per heavy atom. The van der Waals surface area contributed by atoms with Crippen LogP contribution in [0.1, 0.15) is 64.1 Å². The van der Waals surface area contributed by atoms with E-state index in [2.05, 4.69) is 67.9 Å². The number of fused-ring (bicyclic) bond motifs is 1. The summed E-state index contributed by atoms with van der Waals surface area (Å²) < 4.78 is 0. The molecule has 2 aromatic carbocycles. The van der Waals surface area contributed by atoms with Gasteiger partial charge in [-0.05, 0) is 77.9 Å². The summed E-state index contributed by atoms with van der Waals surface area (Å²) in [6.45, 7) is 6.62. The first-order valence-corrected chi connectivity index (χ1v) is 9.97. The maximum absolute atomic E-state index is 11.0. The highest BCUT2D eigenvalue weighted by Crippen LogP contribution is 2.41. The molecule has 3 heteroatoms. The smallest absolute Gasteiger partial charge is 0.335 e. The second-order valence-corrected chi connectivity index (χ2v) is 8.27. The van der Waals surface area contributed by atoms with Gasteiger partial charge in [-0.3, -0.25) is 4.98 Å². The van der Waals surface area contributed by atoms with Crippen molar-refractivity contribution in [3.8, 4) is 11.8 Å². The van der Waals surface area contributed by atoms with E-state index in [1.54, 1.807) is 24.3 Å². The minimum atomic E-state index is -0.934. The van der Waals surface area contributed by atoms with Gasteiger partial charge in [-0.25, -0.2) is 4.79 Å². The highest BCUT2D eigenvalue weighted by Gasteiger charge is 2.29. The largest absolute Gasteiger partial charge is 0.478 e. The van der Waals surface area contributed by atoms with Gasteiger partial charge in [0.15, 0.2) is 0 Å². The van der Waals surface area contributed by atoms with Crippen molar-refractivity contribution >= 4 is 11.5 Å². The molecule has 1 aliphatic rings. The quantitative estimate of drug-likeness (QED) is 0.577. The number of aromatic nitrogens is 1. The SMILES string of the molecule is Cc1cccnc1C1=CCC(C)(C)c2ccc(C#Cc3ccc(C(=O)O)cc3)cc21. The number of aromatic carboxylic acids is 1. The number of hydrogen-bond acceptors (Lipinski definition) is 2. The predicted molar refractivity (Wildman–Crippen MR) is 120 cm³/mol. The van der Waals surface area contributed by atoms with Crippen molar-refractivity contribution in [2.24, 2.45) is 0 Å². The van der Waals surface area contributed by atoms with Crippen LogP contribution in [0.5, 0.6) is 0 Å². The maximum Gasteiger partial charge on any atom is 0.335 e. The van der Waals surface area contributed by atoms with Gasteiger partial charge in [0, 0.05) is 22.9 Å². The van der Waals surface area contributed by atoms with Crippen molar-refractivity contribution < 1.29 is 9.90 Å². The van der Waals surface area contributed by atoms with Crippen LogP contribution in [0.4, 0.5) is 0 Å². The normalized spacial score (nSPS) is 14.2. The minimum Gasteiger partial charge on any atom is -0.478 e. The number of nitrogens with zero attached hydrogens (tertiary/aromatic N) is 1. The van der Waals surface area contributed by atoms with Crippen LogP contribution in [0.2, 0.25) is 0 Å². The fourth-order valence-electron chi connectivity index (χ4n) is 3.84. The zero-order chi connectivity index (χ0) is 21.3. The first-order valence-electron chi connectivity index (χ1n) is 9.97. The number of hydrogen-bond donors (Lipinski definition) is 1. The number of carbonyl (C=O) groups is 1. The highest BCUT2D eigenvalue weighted by atomic mass is 16.4. The molecule has 1 aromatic heterocycles. The molecule has 0 fully saturated rings. The van der Waals surface area contributed by atoms with E-state index in [9.17, 15) is 4.79 Å². The van der Waals surface area contributed by atoms with Gasteiger partial charge in [0.05, 0.1) is 11.3 Å². The zero-order valence-corrected chi connectivity index (χ0v) is 17.4. The van der Waals surface area contributed by atoms with E-state index < -0.39 is 5.97 Å². The van der Waals surface area contributed by atoms with Gasteiger partial charge in [-0.1, -0.05) is 43.9 Å². The molecule has 0 unspecified atom stereocenters. The molecule has 0 radical (unpaired) electrons. The topological polar surface area (TPSA) is 50.2 Å². The lowest BCUT2D eigenvalue weighted by molar-refractivity contribution is 0.0697. The Morgan fingerprint density at radius 3 is 2.43 bits per heavy atom. The summed E-state index contributed by atoms with van der Waals surface area (Å²) in [5.41, 5.74) is 7.85. The average molecular weight is 393 g/mol. The number of carboxylic acids is 1. The summed E-state index contributed by atoms with van der Waals surface area (Å²) in [5.74, 6) is 5.44. The van der Waals surface area contributed by atoms with Crippen molar-refractivity contribution in [2.75, 3.05) is 0 Å². The Labute approximate surface area is 177 Å². The van der Waals surface area contributed by atoms with Gasteiger partial charge in [-0.15, -0.1) is 0 Å². The van der Waals surface area contributed by atoms with Gasteiger partial charge in [0.2, 0.25) is 0 Å². The molecule has 0 saturated heterocycles. The third kappa shape index (κ3) is 3.77. The van der Waals surface area contributed by atoms with E-state index >= 15 is 0 Å². The Morgan fingerprint density at radius 1 is 1.03 bits per heavy atom. The lowest BCUT2D eigenvalue weighted by Gasteiger charge is -2.32. The second-order valence-electron chi connectivity index (χ2n) is 8.27. The number of benzene rings is 2. The van der Waals surface area contributed by atoms with Crippen LogP contribution in [0.15, 0.2) is 66.9 Å². The zero-order valence-electron chi connectivity index (χ0n) is 17.4. The van der Waals surface area contributed by atoms with Crippen LogP contribution in [0, 0.1) is 18.8 Å². The van der Waals surface area contributed by atoms with Gasteiger partial charge in [-0.2, -0.15) is 0 Å². The first kappa shape index (κ1) is 19.7. The molecule has 0 spiro atoms. The van der Waals surface area contributed by atoms with E-state index in [1.165, 1.54) is 11.1 Å². The molecule has 148 valence electrons. The summed E-state index contributed by atoms with van der Waals surface area (Å²) >= 11 is 0. The average Bonchev–Trinajstić information content (AvgIpc) is 2.73. The number of allylic oxidation sites excluding steroid dienone is 1. The monoisotopic (exact) mass is 393 g/mol. The van der Waals surface area contributed by atoms with Crippen molar-refractivity contribution in [3.63, 3.8) is 0 Å². The molecule has 1 heterocycles. The Hall–Kier alpha value is -3.64. The fourth-order valence-corrected chi connectivity index (χ4v) is 3.84. The van der Waals surface area contributed by atoms with Crippen LogP contribution >= 0.6 is 0 Å². The van der Waals surface area contributed by atoms with Gasteiger partial charge < -0.3 is 5.11 Å². The molecule has 0 saturated carbocycles. The number of pyridine rings is 1. The van der Waals surface area contributed by atoms with E-state index in [-0.39, 0.29) is 11.0 Å². The molecule has 0 aliphatic heterocycles. The summed E-state index contributed by atoms with van der Waals surface area (Å²) in [7, 11) is 0. The molecule has 3 nitrogen and oxygen atoms in total. The summed E-state index contributed by atoms with van der Waals surface area (Å²) in [4.78, 5) is 15.6. The van der Waals surface area contributed by atoms with Crippen molar-refractivity contribution in [1.29, 1.82) is 0 Å². The maximum atomic E-state index is 11.0. The van der Waals surface area contributed by atoms with Crippen LogP contribution < -0.4 is 0 Å². The molecular formula is C27H23NO2. The lowest BCUT2D eigenvalue weighted by atomic mass is 9.72. The highest BCUT2D eigenvalue weighted by molar-refractivity contribution is 5.87. The Bertz CT molecular complexity index is 1220. The van der Waals surface area contributed by atoms with Crippen molar-refractivity contribution in [2.45, 2.75) is 32.6 Å². The molecule has 0 atom stereocenters. The van der Waals surface area contributed by atoms with E-state index in [1.807, 2.05) is 12.3 Å². The van der Waals surface area contributed by atoms with E-state index in [0.717, 1.165) is 34.4 Å². The second kappa shape index (κ2) is 7.65. The van der Waals surface area contributed by atoms with Crippen molar-refractivity contribution in [1.82, 2.24) is 4.98 Å². The molecule has 30 heavy (non-hydrogen) atoms. The fraction of sp³-hybridized carbons (Fsp3) is 0.185. The number of carboxylic acid groups (broad SMARTS) is 1. The van der Waals surface area contributed by atoms with Gasteiger partial charge >= 0.3 is 5.97 Å². The van der Waals surface area contributed by atoms with E-state index in [4.69, 9.17) is 5.11 Å². The van der Waals surface area contributed by atoms with Crippen LogP contribution in [-0.4, -0.2) is 16.1 Å². The van der Waals surface area contributed by atoms with Crippen LogP contribution in [0.25, 0.3) is 5.57 Å². The molecule has 1 aliphatic carbocycles. The van der Waals surface area contributed by atoms with Gasteiger partial charge in [0.1, 0.15) is 0 Å². The minimum absolute atomic E-state index is 0.0557. The predicted octanol–water partition coefficient (Wildman–Crippen LogP) is 5.60. The van der Waals surface area contributed by atoms with Crippen LogP contribution in [-0.2, 0) is 5.41 Å². The summed E-state index contributed by atoms with van der Waals surface area (Å²) in [6, 6.07) is 17.1. The van der Waals surface area contributed by atoms with Crippen LogP contribution in [0.3, 0.4) is 0 Å². The third-order valence-corrected chi connectivity index (χ3v) is 5.60. The standard InChI is InChI=1S/C27H23NO2/c1-18-5-4-16-28-25(18)22-14-15-27(2,3)24-13-10-20(17-23(22)24)7-6-19-8-11-21(12-9-19)26(29)30/h4-5,8-14,16-17H,15H2,1-3H3,(H,29,30). The molecule has 1 N–H and O–H groups in total. The Balaban J connectivity index is 1.75. The molecule has 4 rings (SSSR count). The lowest BCUT2D eigenvalue weighted by Crippen LogP contribution is -2.22. The van der Waals surface area contributed by atoms with Gasteiger partial charge in [0.25, 0.3) is 0 Å². The van der Waals surface area contributed by atoms with E-state index in [0.29, 0.717) is 0 Å². The third-order valence-electron chi connectivity index (χ3n) is 5.60. The molecule has 3 aromatic rings. The molecule has 0 bridgehead atoms. The summed E-state index contributed by atoms with van der Waals surface area (Å²) in [6.07, 6.45) is 5.10. The molecular weight excluding hydrogens is 370 g/mol. The summed E-state index contributed by atoms with van der Waals surface area (Å²) in [5, 5.41) is 9.03. The number of aryl methyl sites for hydroxylation is 1.